The summed E-state index contributed by atoms with van der Waals surface area (Å²) in [5.41, 5.74) is 3.72. The summed E-state index contributed by atoms with van der Waals surface area (Å²) >= 11 is 0. The van der Waals surface area contributed by atoms with Gasteiger partial charge in [-0.2, -0.15) is 9.49 Å². The maximum Gasteiger partial charge on any atom is 0.223 e. The van der Waals surface area contributed by atoms with Gasteiger partial charge in [0.05, 0.1) is 16.8 Å². The number of nitrogens with one attached hydrogen (secondary N) is 1. The zero-order valence-electron chi connectivity index (χ0n) is 14.4. The van der Waals surface area contributed by atoms with Gasteiger partial charge in [0, 0.05) is 36.3 Å². The Morgan fingerprint density at radius 1 is 1.08 bits per heavy atom. The second kappa shape index (κ2) is 6.51. The van der Waals surface area contributed by atoms with Crippen LogP contribution < -0.4 is 5.32 Å². The van der Waals surface area contributed by atoms with Crippen LogP contribution in [-0.2, 0) is 0 Å². The van der Waals surface area contributed by atoms with E-state index in [0.29, 0.717) is 17.2 Å². The second-order valence-electron chi connectivity index (χ2n) is 6.19. The summed E-state index contributed by atoms with van der Waals surface area (Å²) in [6.07, 6.45) is 4.99. The Labute approximate surface area is 149 Å². The molecule has 0 bridgehead atoms. The number of hydrogen-bond donors (Lipinski definition) is 1. The molecule has 6 nitrogen and oxygen atoms in total. The van der Waals surface area contributed by atoms with Gasteiger partial charge < -0.3 is 5.32 Å². The SMILES string of the molecule is CC(C)Nc1nccc(-c2c(-c3ccnc(F)c3)nn3ccccc23)n1. The minimum Gasteiger partial charge on any atom is -0.352 e. The van der Waals surface area contributed by atoms with Gasteiger partial charge in [0.2, 0.25) is 11.9 Å². The molecule has 4 heterocycles. The highest BCUT2D eigenvalue weighted by Gasteiger charge is 2.18. The third kappa shape index (κ3) is 2.99. The van der Waals surface area contributed by atoms with Crippen LogP contribution >= 0.6 is 0 Å². The van der Waals surface area contributed by atoms with Gasteiger partial charge in [-0.05, 0) is 38.1 Å². The molecule has 26 heavy (non-hydrogen) atoms. The summed E-state index contributed by atoms with van der Waals surface area (Å²) in [6, 6.07) is 10.9. The normalized spacial score (nSPS) is 11.2. The Hall–Kier alpha value is -3.35. The lowest BCUT2D eigenvalue weighted by Gasteiger charge is -2.09. The maximum atomic E-state index is 13.7. The summed E-state index contributed by atoms with van der Waals surface area (Å²) in [4.78, 5) is 12.5. The molecule has 130 valence electrons. The van der Waals surface area contributed by atoms with E-state index >= 15 is 0 Å². The van der Waals surface area contributed by atoms with Gasteiger partial charge in [-0.15, -0.1) is 0 Å². The molecule has 0 amide bonds. The topological polar surface area (TPSA) is 68.0 Å². The van der Waals surface area contributed by atoms with Gasteiger partial charge in [0.25, 0.3) is 0 Å². The van der Waals surface area contributed by atoms with Crippen molar-refractivity contribution in [1.29, 1.82) is 0 Å². The van der Waals surface area contributed by atoms with Gasteiger partial charge in [-0.25, -0.2) is 19.5 Å². The molecule has 0 saturated carbocycles. The lowest BCUT2D eigenvalue weighted by molar-refractivity contribution is 0.584. The minimum absolute atomic E-state index is 0.211. The third-order valence-electron chi connectivity index (χ3n) is 3.87. The van der Waals surface area contributed by atoms with Gasteiger partial charge in [0.1, 0.15) is 5.69 Å². The van der Waals surface area contributed by atoms with E-state index in [0.717, 1.165) is 16.8 Å². The van der Waals surface area contributed by atoms with Crippen LogP contribution in [0.3, 0.4) is 0 Å². The minimum atomic E-state index is -0.546. The summed E-state index contributed by atoms with van der Waals surface area (Å²) in [7, 11) is 0. The Balaban J connectivity index is 1.95. The molecule has 0 fully saturated rings. The Bertz CT molecular complexity index is 1070. The number of rotatable bonds is 4. The van der Waals surface area contributed by atoms with E-state index in [2.05, 4.69) is 25.4 Å². The molecule has 1 N–H and O–H groups in total. The van der Waals surface area contributed by atoms with Crippen LogP contribution in [-0.4, -0.2) is 30.6 Å². The van der Waals surface area contributed by atoms with Crippen molar-refractivity contribution in [2.75, 3.05) is 5.32 Å². The predicted octanol–water partition coefficient (Wildman–Crippen LogP) is 3.81. The van der Waals surface area contributed by atoms with Crippen molar-refractivity contribution < 1.29 is 4.39 Å². The molecule has 0 aliphatic carbocycles. The van der Waals surface area contributed by atoms with E-state index < -0.39 is 5.95 Å². The zero-order chi connectivity index (χ0) is 18.1. The molecule has 7 heteroatoms. The van der Waals surface area contributed by atoms with E-state index in [4.69, 9.17) is 0 Å². The molecule has 0 spiro atoms. The molecule has 0 aromatic carbocycles. The average Bonchev–Trinajstić information content (AvgIpc) is 3.01. The van der Waals surface area contributed by atoms with Crippen LogP contribution in [0.25, 0.3) is 28.0 Å². The first kappa shape index (κ1) is 16.1. The van der Waals surface area contributed by atoms with Crippen molar-refractivity contribution in [3.8, 4) is 22.5 Å². The molecule has 0 atom stereocenters. The van der Waals surface area contributed by atoms with Gasteiger partial charge in [-0.1, -0.05) is 6.07 Å². The van der Waals surface area contributed by atoms with E-state index in [9.17, 15) is 4.39 Å². The average molecular weight is 348 g/mol. The zero-order valence-corrected chi connectivity index (χ0v) is 14.4. The lowest BCUT2D eigenvalue weighted by Crippen LogP contribution is -2.12. The molecule has 0 saturated heterocycles. The Kier molecular flexibility index (Phi) is 4.04. The second-order valence-corrected chi connectivity index (χ2v) is 6.19. The van der Waals surface area contributed by atoms with Gasteiger partial charge >= 0.3 is 0 Å². The summed E-state index contributed by atoms with van der Waals surface area (Å²) in [5, 5.41) is 7.84. The van der Waals surface area contributed by atoms with E-state index in [1.165, 1.54) is 12.3 Å². The molecule has 0 unspecified atom stereocenters. The van der Waals surface area contributed by atoms with Crippen LogP contribution in [0.1, 0.15) is 13.8 Å². The largest absolute Gasteiger partial charge is 0.352 e. The van der Waals surface area contributed by atoms with Crippen molar-refractivity contribution in [3.63, 3.8) is 0 Å². The van der Waals surface area contributed by atoms with Crippen LogP contribution in [0.5, 0.6) is 0 Å². The number of anilines is 1. The fourth-order valence-electron chi connectivity index (χ4n) is 2.83. The monoisotopic (exact) mass is 348 g/mol. The lowest BCUT2D eigenvalue weighted by atomic mass is 10.0. The molecule has 4 aromatic rings. The van der Waals surface area contributed by atoms with Crippen molar-refractivity contribution in [2.45, 2.75) is 19.9 Å². The third-order valence-corrected chi connectivity index (χ3v) is 3.87. The first-order valence-electron chi connectivity index (χ1n) is 8.31. The number of hydrogen-bond acceptors (Lipinski definition) is 5. The number of nitrogens with zero attached hydrogens (tertiary/aromatic N) is 5. The standard InChI is InChI=1S/C19H17FN6/c1-12(2)23-19-22-9-7-14(24-19)17-15-5-3-4-10-26(15)25-18(17)13-6-8-21-16(20)11-13/h3-12H,1-2H3,(H,22,23,24). The van der Waals surface area contributed by atoms with E-state index in [-0.39, 0.29) is 6.04 Å². The highest BCUT2D eigenvalue weighted by atomic mass is 19.1. The molecular formula is C19H17FN6. The summed E-state index contributed by atoms with van der Waals surface area (Å²) in [6.45, 7) is 4.05. The quantitative estimate of drug-likeness (QED) is 0.568. The number of halogens is 1. The molecule has 0 aliphatic rings. The van der Waals surface area contributed by atoms with E-state index in [1.54, 1.807) is 16.8 Å². The molecule has 4 aromatic heterocycles. The van der Waals surface area contributed by atoms with Gasteiger partial charge in [-0.3, -0.25) is 0 Å². The fourth-order valence-corrected chi connectivity index (χ4v) is 2.83. The number of pyridine rings is 2. The highest BCUT2D eigenvalue weighted by Crippen LogP contribution is 2.34. The molecule has 4 rings (SSSR count). The predicted molar refractivity (Wildman–Crippen MR) is 98.2 cm³/mol. The highest BCUT2D eigenvalue weighted by molar-refractivity contribution is 5.90. The maximum absolute atomic E-state index is 13.7. The fraction of sp³-hybridized carbons (Fsp3) is 0.158. The molecule has 0 radical (unpaired) electrons. The van der Waals surface area contributed by atoms with Crippen molar-refractivity contribution >= 4 is 11.5 Å². The first-order chi connectivity index (χ1) is 12.6. The smallest absolute Gasteiger partial charge is 0.223 e. The summed E-state index contributed by atoms with van der Waals surface area (Å²) < 4.78 is 15.4. The van der Waals surface area contributed by atoms with Crippen LogP contribution in [0.2, 0.25) is 0 Å². The van der Waals surface area contributed by atoms with Gasteiger partial charge in [0.15, 0.2) is 0 Å². The van der Waals surface area contributed by atoms with Crippen molar-refractivity contribution in [3.05, 3.63) is 60.9 Å². The van der Waals surface area contributed by atoms with Crippen LogP contribution in [0.4, 0.5) is 10.3 Å². The van der Waals surface area contributed by atoms with Crippen molar-refractivity contribution in [2.24, 2.45) is 0 Å². The Morgan fingerprint density at radius 3 is 2.73 bits per heavy atom. The number of aromatic nitrogens is 5. The first-order valence-corrected chi connectivity index (χ1v) is 8.31. The Morgan fingerprint density at radius 2 is 1.92 bits per heavy atom. The molecule has 0 aliphatic heterocycles. The number of fused-ring (bicyclic) bond motifs is 1. The summed E-state index contributed by atoms with van der Waals surface area (Å²) in [5.74, 6) is -0.00463. The van der Waals surface area contributed by atoms with Crippen LogP contribution in [0, 0.1) is 5.95 Å². The van der Waals surface area contributed by atoms with Crippen molar-refractivity contribution in [1.82, 2.24) is 24.6 Å². The van der Waals surface area contributed by atoms with E-state index in [1.807, 2.05) is 44.3 Å². The van der Waals surface area contributed by atoms with Crippen LogP contribution in [0.15, 0.2) is 55.0 Å². The molecular weight excluding hydrogens is 331 g/mol.